The highest BCUT2D eigenvalue weighted by molar-refractivity contribution is 7.54. The van der Waals surface area contributed by atoms with Crippen molar-refractivity contribution in [2.75, 3.05) is 13.2 Å². The molecule has 0 aliphatic heterocycles. The zero-order chi connectivity index (χ0) is 12.0. The summed E-state index contributed by atoms with van der Waals surface area (Å²) in [5.41, 5.74) is 0.751. The Hall–Kier alpha value is -0.630. The predicted octanol–water partition coefficient (Wildman–Crippen LogP) is 4.01. The van der Waals surface area contributed by atoms with E-state index in [1.807, 2.05) is 51.1 Å². The molecule has 0 fully saturated rings. The molecule has 0 aromatic heterocycles. The number of benzene rings is 1. The van der Waals surface area contributed by atoms with Crippen LogP contribution in [0.1, 0.15) is 32.0 Å². The van der Waals surface area contributed by atoms with Gasteiger partial charge in [0, 0.05) is 0 Å². The summed E-state index contributed by atoms with van der Waals surface area (Å²) in [7, 11) is -3.03. The number of hydrogen-bond donors (Lipinski definition) is 0. The Morgan fingerprint density at radius 3 is 2.06 bits per heavy atom. The van der Waals surface area contributed by atoms with Crippen LogP contribution in [0, 0.1) is 0 Å². The van der Waals surface area contributed by atoms with Gasteiger partial charge >= 0.3 is 7.60 Å². The van der Waals surface area contributed by atoms with E-state index in [9.17, 15) is 4.57 Å². The fourth-order valence-corrected chi connectivity index (χ4v) is 3.31. The van der Waals surface area contributed by atoms with Crippen molar-refractivity contribution in [1.82, 2.24) is 0 Å². The Morgan fingerprint density at radius 2 is 1.62 bits per heavy atom. The summed E-state index contributed by atoms with van der Waals surface area (Å²) in [5.74, 6) is 0. The van der Waals surface area contributed by atoms with Crippen LogP contribution in [0.5, 0.6) is 0 Å². The van der Waals surface area contributed by atoms with E-state index in [1.165, 1.54) is 0 Å². The molecule has 0 amide bonds. The third-order valence-corrected chi connectivity index (χ3v) is 4.86. The predicted molar refractivity (Wildman–Crippen MR) is 65.7 cm³/mol. The SMILES string of the molecule is CCOP(=O)(OCC)[C@@H](C)c1ccccc1. The second-order valence-corrected chi connectivity index (χ2v) is 5.83. The largest absolute Gasteiger partial charge is 0.337 e. The monoisotopic (exact) mass is 242 g/mol. The lowest BCUT2D eigenvalue weighted by molar-refractivity contribution is 0.213. The van der Waals surface area contributed by atoms with Gasteiger partial charge in [-0.2, -0.15) is 0 Å². The molecule has 0 unspecified atom stereocenters. The van der Waals surface area contributed by atoms with Gasteiger partial charge in [0.25, 0.3) is 0 Å². The van der Waals surface area contributed by atoms with Crippen molar-refractivity contribution in [1.29, 1.82) is 0 Å². The topological polar surface area (TPSA) is 35.5 Å². The Morgan fingerprint density at radius 1 is 1.12 bits per heavy atom. The molecule has 16 heavy (non-hydrogen) atoms. The number of hydrogen-bond acceptors (Lipinski definition) is 3. The maximum atomic E-state index is 12.5. The van der Waals surface area contributed by atoms with Crippen LogP contribution in [-0.2, 0) is 13.6 Å². The van der Waals surface area contributed by atoms with Gasteiger partial charge in [0.15, 0.2) is 0 Å². The first-order chi connectivity index (χ1) is 7.64. The first-order valence-electron chi connectivity index (χ1n) is 5.57. The standard InChI is InChI=1S/C12H19O3P/c1-4-14-16(13,15-5-2)11(3)12-9-7-6-8-10-12/h6-11H,4-5H2,1-3H3/t11-/m0/s1. The van der Waals surface area contributed by atoms with Crippen molar-refractivity contribution in [2.45, 2.75) is 26.4 Å². The summed E-state index contributed by atoms with van der Waals surface area (Å²) in [6.45, 7) is 6.32. The molecule has 0 bridgehead atoms. The summed E-state index contributed by atoms with van der Waals surface area (Å²) < 4.78 is 23.1. The smallest absolute Gasteiger partial charge is 0.308 e. The molecule has 1 aromatic rings. The van der Waals surface area contributed by atoms with Crippen molar-refractivity contribution in [3.8, 4) is 0 Å². The van der Waals surface area contributed by atoms with Crippen molar-refractivity contribution >= 4 is 7.60 Å². The van der Waals surface area contributed by atoms with Crippen molar-refractivity contribution in [2.24, 2.45) is 0 Å². The van der Waals surface area contributed by atoms with Gasteiger partial charge in [-0.1, -0.05) is 30.3 Å². The zero-order valence-electron chi connectivity index (χ0n) is 10.1. The maximum absolute atomic E-state index is 12.5. The molecule has 0 N–H and O–H groups in total. The van der Waals surface area contributed by atoms with Crippen LogP contribution in [0.15, 0.2) is 30.3 Å². The van der Waals surface area contributed by atoms with Crippen LogP contribution >= 0.6 is 7.60 Å². The second kappa shape index (κ2) is 6.19. The molecule has 90 valence electrons. The van der Waals surface area contributed by atoms with Crippen LogP contribution in [-0.4, -0.2) is 13.2 Å². The van der Waals surface area contributed by atoms with E-state index in [0.717, 1.165) is 5.56 Å². The fourth-order valence-electron chi connectivity index (χ4n) is 1.53. The molecule has 1 atom stereocenters. The van der Waals surface area contributed by atoms with Crippen molar-refractivity contribution in [3.63, 3.8) is 0 Å². The average molecular weight is 242 g/mol. The van der Waals surface area contributed by atoms with Crippen LogP contribution in [0.2, 0.25) is 0 Å². The first kappa shape index (κ1) is 13.4. The van der Waals surface area contributed by atoms with E-state index < -0.39 is 7.60 Å². The molecule has 0 radical (unpaired) electrons. The summed E-state index contributed by atoms with van der Waals surface area (Å²) in [4.78, 5) is 0. The van der Waals surface area contributed by atoms with Gasteiger partial charge < -0.3 is 9.05 Å². The quantitative estimate of drug-likeness (QED) is 0.707. The van der Waals surface area contributed by atoms with Crippen molar-refractivity contribution in [3.05, 3.63) is 35.9 Å². The molecule has 4 heteroatoms. The second-order valence-electron chi connectivity index (χ2n) is 3.46. The lowest BCUT2D eigenvalue weighted by Gasteiger charge is -2.23. The molecule has 0 saturated heterocycles. The summed E-state index contributed by atoms with van der Waals surface area (Å²) in [6.07, 6.45) is 0. The molecule has 0 heterocycles. The minimum atomic E-state index is -3.03. The molecule has 3 nitrogen and oxygen atoms in total. The fraction of sp³-hybridized carbons (Fsp3) is 0.500. The van der Waals surface area contributed by atoms with Gasteiger partial charge in [0.05, 0.1) is 18.9 Å². The summed E-state index contributed by atoms with van der Waals surface area (Å²) >= 11 is 0. The van der Waals surface area contributed by atoms with Gasteiger partial charge in [0.2, 0.25) is 0 Å². The lowest BCUT2D eigenvalue weighted by Crippen LogP contribution is -2.03. The first-order valence-corrected chi connectivity index (χ1v) is 7.19. The zero-order valence-corrected chi connectivity index (χ0v) is 10.9. The molecule has 0 saturated carbocycles. The van der Waals surface area contributed by atoms with Crippen LogP contribution < -0.4 is 0 Å². The van der Waals surface area contributed by atoms with E-state index in [0.29, 0.717) is 13.2 Å². The minimum absolute atomic E-state index is 0.228. The van der Waals surface area contributed by atoms with Gasteiger partial charge in [-0.05, 0) is 26.3 Å². The highest BCUT2D eigenvalue weighted by atomic mass is 31.2. The van der Waals surface area contributed by atoms with E-state index in [2.05, 4.69) is 0 Å². The van der Waals surface area contributed by atoms with E-state index in [1.54, 1.807) is 0 Å². The van der Waals surface area contributed by atoms with Gasteiger partial charge in [0.1, 0.15) is 0 Å². The van der Waals surface area contributed by atoms with E-state index >= 15 is 0 Å². The van der Waals surface area contributed by atoms with Gasteiger partial charge in [-0.3, -0.25) is 4.57 Å². The van der Waals surface area contributed by atoms with E-state index in [-0.39, 0.29) is 5.66 Å². The Kier molecular flexibility index (Phi) is 5.20. The lowest BCUT2D eigenvalue weighted by atomic mass is 10.2. The van der Waals surface area contributed by atoms with Crippen LogP contribution in [0.3, 0.4) is 0 Å². The number of rotatable bonds is 6. The highest BCUT2D eigenvalue weighted by Crippen LogP contribution is 2.60. The van der Waals surface area contributed by atoms with Crippen LogP contribution in [0.25, 0.3) is 0 Å². The maximum Gasteiger partial charge on any atom is 0.337 e. The summed E-state index contributed by atoms with van der Waals surface area (Å²) in [5, 5.41) is 0. The molecule has 1 aromatic carbocycles. The van der Waals surface area contributed by atoms with Crippen molar-refractivity contribution < 1.29 is 13.6 Å². The third kappa shape index (κ3) is 3.18. The van der Waals surface area contributed by atoms with Crippen LogP contribution in [0.4, 0.5) is 0 Å². The Balaban J connectivity index is 2.91. The molecular weight excluding hydrogens is 223 g/mol. The molecule has 0 aliphatic carbocycles. The molecule has 1 rings (SSSR count). The van der Waals surface area contributed by atoms with Gasteiger partial charge in [-0.25, -0.2) is 0 Å². The highest BCUT2D eigenvalue weighted by Gasteiger charge is 2.32. The average Bonchev–Trinajstić information content (AvgIpc) is 2.30. The normalized spacial score (nSPS) is 13.7. The molecular formula is C12H19O3P. The third-order valence-electron chi connectivity index (χ3n) is 2.37. The Bertz CT molecular complexity index is 341. The minimum Gasteiger partial charge on any atom is -0.308 e. The Labute approximate surface area is 97.3 Å². The summed E-state index contributed by atoms with van der Waals surface area (Å²) in [6, 6.07) is 9.66. The molecule has 0 aliphatic rings. The van der Waals surface area contributed by atoms with E-state index in [4.69, 9.17) is 9.05 Å². The molecule has 0 spiro atoms. The van der Waals surface area contributed by atoms with Gasteiger partial charge in [-0.15, -0.1) is 0 Å².